The quantitative estimate of drug-likeness (QED) is 0.773. The van der Waals surface area contributed by atoms with Crippen LogP contribution in [0.25, 0.3) is 0 Å². The first-order valence-electron chi connectivity index (χ1n) is 7.93. The highest BCUT2D eigenvalue weighted by Gasteiger charge is 2.14. The summed E-state index contributed by atoms with van der Waals surface area (Å²) >= 11 is 0. The van der Waals surface area contributed by atoms with Crippen LogP contribution in [0.5, 0.6) is 11.5 Å². The number of hydrogen-bond donors (Lipinski definition) is 0. The fourth-order valence-electron chi connectivity index (χ4n) is 2.59. The fraction of sp³-hybridized carbons (Fsp3) is 0.588. The summed E-state index contributed by atoms with van der Waals surface area (Å²) in [5, 5.41) is 0. The molecule has 1 aliphatic rings. The molecule has 1 fully saturated rings. The monoisotopic (exact) mass is 306 g/mol. The molecule has 5 nitrogen and oxygen atoms in total. The second-order valence-electron chi connectivity index (χ2n) is 5.66. The first-order chi connectivity index (χ1) is 10.7. The molecule has 0 saturated carbocycles. The molecule has 1 aromatic carbocycles. The van der Waals surface area contributed by atoms with Gasteiger partial charge in [-0.25, -0.2) is 0 Å². The van der Waals surface area contributed by atoms with E-state index in [1.165, 1.54) is 19.3 Å². The third-order valence-corrected chi connectivity index (χ3v) is 4.05. The number of carbonyl (C=O) groups is 1. The van der Waals surface area contributed by atoms with Crippen molar-refractivity contribution >= 4 is 5.91 Å². The van der Waals surface area contributed by atoms with Crippen molar-refractivity contribution in [2.75, 3.05) is 46.9 Å². The lowest BCUT2D eigenvalue weighted by Crippen LogP contribution is -2.40. The zero-order valence-electron chi connectivity index (χ0n) is 13.6. The fourth-order valence-corrected chi connectivity index (χ4v) is 2.59. The van der Waals surface area contributed by atoms with Gasteiger partial charge in [0, 0.05) is 20.1 Å². The normalized spacial score (nSPS) is 15.4. The number of amides is 1. The minimum Gasteiger partial charge on any atom is -0.493 e. The average molecular weight is 306 g/mol. The Kier molecular flexibility index (Phi) is 6.52. The number of nitrogens with zero attached hydrogens (tertiary/aromatic N) is 2. The Morgan fingerprint density at radius 1 is 1.18 bits per heavy atom. The highest BCUT2D eigenvalue weighted by molar-refractivity contribution is 5.77. The summed E-state index contributed by atoms with van der Waals surface area (Å²) < 4.78 is 10.8. The van der Waals surface area contributed by atoms with Crippen LogP contribution in [0.4, 0.5) is 0 Å². The van der Waals surface area contributed by atoms with Gasteiger partial charge < -0.3 is 19.3 Å². The molecule has 1 aromatic rings. The third kappa shape index (κ3) is 4.91. The number of ether oxygens (including phenoxy) is 2. The maximum atomic E-state index is 12.1. The van der Waals surface area contributed by atoms with E-state index in [2.05, 4.69) is 4.90 Å². The molecule has 0 N–H and O–H groups in total. The molecule has 1 aliphatic heterocycles. The van der Waals surface area contributed by atoms with E-state index in [0.717, 1.165) is 26.2 Å². The van der Waals surface area contributed by atoms with Gasteiger partial charge in [0.05, 0.1) is 7.11 Å². The van der Waals surface area contributed by atoms with E-state index in [4.69, 9.17) is 9.47 Å². The number of likely N-dealkylation sites (N-methyl/N-ethyl adjacent to an activating group) is 1. The Balaban J connectivity index is 1.73. The highest BCUT2D eigenvalue weighted by atomic mass is 16.5. The van der Waals surface area contributed by atoms with Crippen molar-refractivity contribution in [1.29, 1.82) is 0 Å². The van der Waals surface area contributed by atoms with Gasteiger partial charge in [0.25, 0.3) is 5.91 Å². The number of rotatable bonds is 7. The van der Waals surface area contributed by atoms with Crippen molar-refractivity contribution in [3.63, 3.8) is 0 Å². The molecule has 0 aliphatic carbocycles. The van der Waals surface area contributed by atoms with Crippen molar-refractivity contribution in [3.05, 3.63) is 24.3 Å². The smallest absolute Gasteiger partial charge is 0.260 e. The summed E-state index contributed by atoms with van der Waals surface area (Å²) in [5.74, 6) is 1.23. The second kappa shape index (κ2) is 8.63. The van der Waals surface area contributed by atoms with E-state index in [-0.39, 0.29) is 12.5 Å². The lowest BCUT2D eigenvalue weighted by molar-refractivity contribution is -0.132. The van der Waals surface area contributed by atoms with Gasteiger partial charge in [-0.2, -0.15) is 0 Å². The summed E-state index contributed by atoms with van der Waals surface area (Å²) in [6.45, 7) is 4.03. The number of likely N-dealkylation sites (tertiary alicyclic amines) is 1. The Bertz CT molecular complexity index is 473. The van der Waals surface area contributed by atoms with Crippen LogP contribution in [0.2, 0.25) is 0 Å². The Morgan fingerprint density at radius 3 is 2.55 bits per heavy atom. The van der Waals surface area contributed by atoms with Crippen LogP contribution in [0.15, 0.2) is 24.3 Å². The third-order valence-electron chi connectivity index (χ3n) is 4.05. The van der Waals surface area contributed by atoms with E-state index in [1.54, 1.807) is 18.1 Å². The molecule has 122 valence electrons. The first kappa shape index (κ1) is 16.6. The maximum absolute atomic E-state index is 12.1. The van der Waals surface area contributed by atoms with Crippen LogP contribution in [0.1, 0.15) is 19.3 Å². The van der Waals surface area contributed by atoms with Gasteiger partial charge in [-0.1, -0.05) is 18.6 Å². The molecule has 0 atom stereocenters. The van der Waals surface area contributed by atoms with Gasteiger partial charge in [0.15, 0.2) is 18.1 Å². The van der Waals surface area contributed by atoms with Crippen LogP contribution in [0, 0.1) is 0 Å². The van der Waals surface area contributed by atoms with Crippen molar-refractivity contribution in [3.8, 4) is 11.5 Å². The van der Waals surface area contributed by atoms with Crippen molar-refractivity contribution in [2.24, 2.45) is 0 Å². The summed E-state index contributed by atoms with van der Waals surface area (Å²) in [6, 6.07) is 7.36. The predicted molar refractivity (Wildman–Crippen MR) is 86.4 cm³/mol. The van der Waals surface area contributed by atoms with Gasteiger partial charge in [-0.05, 0) is 38.1 Å². The summed E-state index contributed by atoms with van der Waals surface area (Å²) in [4.78, 5) is 16.3. The van der Waals surface area contributed by atoms with Gasteiger partial charge in [0.1, 0.15) is 0 Å². The molecule has 5 heteroatoms. The zero-order valence-corrected chi connectivity index (χ0v) is 13.6. The summed E-state index contributed by atoms with van der Waals surface area (Å²) in [6.07, 6.45) is 3.88. The molecule has 0 bridgehead atoms. The number of para-hydroxylation sites is 2. The van der Waals surface area contributed by atoms with Gasteiger partial charge >= 0.3 is 0 Å². The van der Waals surface area contributed by atoms with Crippen LogP contribution in [-0.2, 0) is 4.79 Å². The summed E-state index contributed by atoms with van der Waals surface area (Å²) in [5.41, 5.74) is 0. The predicted octanol–water partition coefficient (Wildman–Crippen LogP) is 2.02. The molecule has 0 radical (unpaired) electrons. The van der Waals surface area contributed by atoms with E-state index in [9.17, 15) is 4.79 Å². The molecule has 2 rings (SSSR count). The van der Waals surface area contributed by atoms with Gasteiger partial charge in [0.2, 0.25) is 0 Å². The van der Waals surface area contributed by atoms with E-state index >= 15 is 0 Å². The molecule has 0 aromatic heterocycles. The standard InChI is InChI=1S/C17H26N2O3/c1-18(12-13-19-10-6-3-7-11-19)17(20)14-22-16-9-5-4-8-15(16)21-2/h4-5,8-9H,3,6-7,10-14H2,1-2H3. The molecule has 0 unspecified atom stereocenters. The minimum atomic E-state index is -0.0112. The minimum absolute atomic E-state index is 0.0112. The number of carbonyl (C=O) groups excluding carboxylic acids is 1. The van der Waals surface area contributed by atoms with Crippen molar-refractivity contribution in [2.45, 2.75) is 19.3 Å². The van der Waals surface area contributed by atoms with Crippen LogP contribution < -0.4 is 9.47 Å². The molecular weight excluding hydrogens is 280 g/mol. The number of hydrogen-bond acceptors (Lipinski definition) is 4. The van der Waals surface area contributed by atoms with Crippen LogP contribution in [0.3, 0.4) is 0 Å². The SMILES string of the molecule is COc1ccccc1OCC(=O)N(C)CCN1CCCCC1. The second-order valence-corrected chi connectivity index (χ2v) is 5.66. The molecule has 1 amide bonds. The molecule has 1 saturated heterocycles. The summed E-state index contributed by atoms with van der Waals surface area (Å²) in [7, 11) is 3.42. The maximum Gasteiger partial charge on any atom is 0.260 e. The molecule has 0 spiro atoms. The van der Waals surface area contributed by atoms with Crippen LogP contribution >= 0.6 is 0 Å². The largest absolute Gasteiger partial charge is 0.493 e. The zero-order chi connectivity index (χ0) is 15.8. The van der Waals surface area contributed by atoms with Crippen molar-refractivity contribution in [1.82, 2.24) is 9.80 Å². The molecular formula is C17H26N2O3. The van der Waals surface area contributed by atoms with E-state index in [0.29, 0.717) is 11.5 Å². The van der Waals surface area contributed by atoms with Gasteiger partial charge in [-0.3, -0.25) is 4.79 Å². The Labute approximate surface area is 132 Å². The number of methoxy groups -OCH3 is 1. The lowest BCUT2D eigenvalue weighted by Gasteiger charge is -2.28. The number of benzene rings is 1. The van der Waals surface area contributed by atoms with Crippen LogP contribution in [-0.4, -0.2) is 62.7 Å². The Hall–Kier alpha value is -1.75. The lowest BCUT2D eigenvalue weighted by atomic mass is 10.1. The topological polar surface area (TPSA) is 42.0 Å². The van der Waals surface area contributed by atoms with Crippen molar-refractivity contribution < 1.29 is 14.3 Å². The molecule has 1 heterocycles. The Morgan fingerprint density at radius 2 is 1.86 bits per heavy atom. The van der Waals surface area contributed by atoms with E-state index < -0.39 is 0 Å². The van der Waals surface area contributed by atoms with E-state index in [1.807, 2.05) is 25.2 Å². The van der Waals surface area contributed by atoms with Gasteiger partial charge in [-0.15, -0.1) is 0 Å². The first-order valence-corrected chi connectivity index (χ1v) is 7.93. The average Bonchev–Trinajstić information content (AvgIpc) is 2.58. The molecule has 22 heavy (non-hydrogen) atoms. The highest BCUT2D eigenvalue weighted by Crippen LogP contribution is 2.25. The number of piperidine rings is 1.